The zero-order valence-corrected chi connectivity index (χ0v) is 12.7. The quantitative estimate of drug-likeness (QED) is 0.685. The number of hydrogen-bond acceptors (Lipinski definition) is 4. The summed E-state index contributed by atoms with van der Waals surface area (Å²) in [6.45, 7) is 2.22. The molecular formula is C15H19ClN2O3. The first-order valence-electron chi connectivity index (χ1n) is 7.19. The monoisotopic (exact) mass is 310 g/mol. The third-order valence-electron chi connectivity index (χ3n) is 3.69. The van der Waals surface area contributed by atoms with Crippen molar-refractivity contribution < 1.29 is 14.3 Å². The molecule has 5 nitrogen and oxygen atoms in total. The van der Waals surface area contributed by atoms with Crippen LogP contribution in [0, 0.1) is 5.92 Å². The summed E-state index contributed by atoms with van der Waals surface area (Å²) in [6, 6.07) is 3.40. The Morgan fingerprint density at radius 2 is 2.10 bits per heavy atom. The van der Waals surface area contributed by atoms with Crippen molar-refractivity contribution in [1.29, 1.82) is 0 Å². The van der Waals surface area contributed by atoms with E-state index >= 15 is 0 Å². The molecule has 0 unspecified atom stereocenters. The van der Waals surface area contributed by atoms with Crippen LogP contribution in [0.25, 0.3) is 0 Å². The van der Waals surface area contributed by atoms with Crippen molar-refractivity contribution in [1.82, 2.24) is 10.3 Å². The molecule has 1 aliphatic carbocycles. The molecule has 0 spiro atoms. The topological polar surface area (TPSA) is 68.3 Å². The highest BCUT2D eigenvalue weighted by Gasteiger charge is 2.28. The van der Waals surface area contributed by atoms with Crippen molar-refractivity contribution in [3.8, 4) is 0 Å². The van der Waals surface area contributed by atoms with E-state index in [1.165, 1.54) is 0 Å². The van der Waals surface area contributed by atoms with Gasteiger partial charge in [0, 0.05) is 12.2 Å². The van der Waals surface area contributed by atoms with Gasteiger partial charge in [-0.3, -0.25) is 9.59 Å². The van der Waals surface area contributed by atoms with E-state index < -0.39 is 0 Å². The van der Waals surface area contributed by atoms with Crippen molar-refractivity contribution in [3.63, 3.8) is 0 Å². The van der Waals surface area contributed by atoms with Crippen LogP contribution in [0.3, 0.4) is 0 Å². The number of ether oxygens (including phenoxy) is 1. The summed E-state index contributed by atoms with van der Waals surface area (Å²) in [5.74, 6) is -0.384. The molecule has 0 bridgehead atoms. The molecule has 1 saturated carbocycles. The van der Waals surface area contributed by atoms with Crippen LogP contribution < -0.4 is 5.32 Å². The lowest BCUT2D eigenvalue weighted by Crippen LogP contribution is -2.39. The molecule has 21 heavy (non-hydrogen) atoms. The van der Waals surface area contributed by atoms with E-state index in [1.807, 2.05) is 0 Å². The summed E-state index contributed by atoms with van der Waals surface area (Å²) in [5, 5.41) is 3.16. The van der Waals surface area contributed by atoms with E-state index in [-0.39, 0.29) is 29.0 Å². The molecule has 1 aromatic heterocycles. The molecule has 6 heteroatoms. The van der Waals surface area contributed by atoms with Crippen LogP contribution in [0.4, 0.5) is 0 Å². The summed E-state index contributed by atoms with van der Waals surface area (Å²) in [7, 11) is 0. The van der Waals surface area contributed by atoms with Gasteiger partial charge in [-0.05, 0) is 44.7 Å². The Bertz CT molecular complexity index is 513. The first-order chi connectivity index (χ1) is 10.1. The van der Waals surface area contributed by atoms with Gasteiger partial charge >= 0.3 is 5.97 Å². The average Bonchev–Trinajstić information content (AvgIpc) is 2.48. The Morgan fingerprint density at radius 3 is 2.71 bits per heavy atom. The number of carbonyl (C=O) groups is 2. The van der Waals surface area contributed by atoms with Crippen LogP contribution in [0.1, 0.15) is 43.0 Å². The summed E-state index contributed by atoms with van der Waals surface area (Å²) in [6.07, 6.45) is 4.57. The average molecular weight is 311 g/mol. The van der Waals surface area contributed by atoms with E-state index in [2.05, 4.69) is 10.3 Å². The van der Waals surface area contributed by atoms with Gasteiger partial charge < -0.3 is 10.1 Å². The van der Waals surface area contributed by atoms with Crippen molar-refractivity contribution in [2.24, 2.45) is 5.92 Å². The number of pyridine rings is 1. The highest BCUT2D eigenvalue weighted by molar-refractivity contribution is 6.32. The fraction of sp³-hybridized carbons (Fsp3) is 0.533. The van der Waals surface area contributed by atoms with E-state index in [4.69, 9.17) is 16.3 Å². The zero-order chi connectivity index (χ0) is 15.2. The number of aromatic nitrogens is 1. The molecule has 1 aliphatic rings. The maximum Gasteiger partial charge on any atom is 0.308 e. The number of halogens is 1. The Morgan fingerprint density at radius 1 is 1.38 bits per heavy atom. The molecule has 114 valence electrons. The minimum atomic E-state index is -0.215. The summed E-state index contributed by atoms with van der Waals surface area (Å²) >= 11 is 5.90. The lowest BCUT2D eigenvalue weighted by Gasteiger charge is -2.27. The number of carbonyl (C=O) groups excluding carboxylic acids is 2. The predicted octanol–water partition coefficient (Wildman–Crippen LogP) is 2.59. The Kier molecular flexibility index (Phi) is 5.56. The van der Waals surface area contributed by atoms with E-state index in [0.29, 0.717) is 12.2 Å². The molecule has 0 atom stereocenters. The predicted molar refractivity (Wildman–Crippen MR) is 79.1 cm³/mol. The molecular weight excluding hydrogens is 292 g/mol. The number of esters is 1. The molecule has 0 radical (unpaired) electrons. The molecule has 1 heterocycles. The Hall–Kier alpha value is -1.62. The number of amides is 1. The largest absolute Gasteiger partial charge is 0.466 e. The first-order valence-corrected chi connectivity index (χ1v) is 7.57. The normalized spacial score (nSPS) is 21.6. The third kappa shape index (κ3) is 4.17. The van der Waals surface area contributed by atoms with Crippen molar-refractivity contribution in [3.05, 3.63) is 29.0 Å². The fourth-order valence-electron chi connectivity index (χ4n) is 2.55. The number of rotatable bonds is 4. The Balaban J connectivity index is 1.85. The Labute approximate surface area is 129 Å². The van der Waals surface area contributed by atoms with E-state index in [0.717, 1.165) is 25.7 Å². The van der Waals surface area contributed by atoms with Gasteiger partial charge in [-0.25, -0.2) is 4.98 Å². The molecule has 1 aromatic rings. The maximum atomic E-state index is 12.1. The van der Waals surface area contributed by atoms with Gasteiger partial charge in [0.1, 0.15) is 5.15 Å². The minimum Gasteiger partial charge on any atom is -0.466 e. The molecule has 0 saturated heterocycles. The number of nitrogens with zero attached hydrogens (tertiary/aromatic N) is 1. The summed E-state index contributed by atoms with van der Waals surface area (Å²) < 4.78 is 5.03. The van der Waals surface area contributed by atoms with Crippen LogP contribution in [-0.2, 0) is 9.53 Å². The number of hydrogen-bond donors (Lipinski definition) is 1. The summed E-state index contributed by atoms with van der Waals surface area (Å²) in [4.78, 5) is 27.7. The second kappa shape index (κ2) is 7.41. The van der Waals surface area contributed by atoms with Crippen molar-refractivity contribution in [2.45, 2.75) is 38.6 Å². The molecule has 1 fully saturated rings. The second-order valence-electron chi connectivity index (χ2n) is 5.12. The second-order valence-corrected chi connectivity index (χ2v) is 5.47. The van der Waals surface area contributed by atoms with Gasteiger partial charge in [-0.1, -0.05) is 11.6 Å². The molecule has 1 N–H and O–H groups in total. The molecule has 0 aliphatic heterocycles. The van der Waals surface area contributed by atoms with Gasteiger partial charge in [0.15, 0.2) is 0 Å². The molecule has 1 amide bonds. The maximum absolute atomic E-state index is 12.1. The van der Waals surface area contributed by atoms with E-state index in [9.17, 15) is 9.59 Å². The fourth-order valence-corrected chi connectivity index (χ4v) is 2.76. The standard InChI is InChI=1S/C15H19ClN2O3/c1-2-21-15(20)10-5-7-11(8-6-10)18-14(19)12-4-3-9-17-13(12)16/h3-4,9-11H,2,5-8H2,1H3,(H,18,19). The highest BCUT2D eigenvalue weighted by atomic mass is 35.5. The van der Waals surface area contributed by atoms with Crippen LogP contribution in [0.5, 0.6) is 0 Å². The number of nitrogens with one attached hydrogen (secondary N) is 1. The zero-order valence-electron chi connectivity index (χ0n) is 12.0. The van der Waals surface area contributed by atoms with Gasteiger partial charge in [0.05, 0.1) is 18.1 Å². The third-order valence-corrected chi connectivity index (χ3v) is 3.99. The smallest absolute Gasteiger partial charge is 0.308 e. The molecule has 0 aromatic carbocycles. The lowest BCUT2D eigenvalue weighted by molar-refractivity contribution is -0.149. The lowest BCUT2D eigenvalue weighted by atomic mass is 9.86. The van der Waals surface area contributed by atoms with Crippen LogP contribution in [0.15, 0.2) is 18.3 Å². The van der Waals surface area contributed by atoms with Gasteiger partial charge in [0.2, 0.25) is 0 Å². The summed E-state index contributed by atoms with van der Waals surface area (Å²) in [5.41, 5.74) is 0.381. The first kappa shape index (κ1) is 15.8. The van der Waals surface area contributed by atoms with Crippen LogP contribution in [0.2, 0.25) is 5.15 Å². The van der Waals surface area contributed by atoms with Gasteiger partial charge in [-0.15, -0.1) is 0 Å². The van der Waals surface area contributed by atoms with Crippen LogP contribution >= 0.6 is 11.6 Å². The van der Waals surface area contributed by atoms with Crippen molar-refractivity contribution in [2.75, 3.05) is 6.61 Å². The minimum absolute atomic E-state index is 0.0416. The SMILES string of the molecule is CCOC(=O)C1CCC(NC(=O)c2cccnc2Cl)CC1. The highest BCUT2D eigenvalue weighted by Crippen LogP contribution is 2.26. The van der Waals surface area contributed by atoms with Gasteiger partial charge in [-0.2, -0.15) is 0 Å². The van der Waals surface area contributed by atoms with Crippen molar-refractivity contribution >= 4 is 23.5 Å². The van der Waals surface area contributed by atoms with Gasteiger partial charge in [0.25, 0.3) is 5.91 Å². The molecule has 2 rings (SSSR count). The van der Waals surface area contributed by atoms with Crippen LogP contribution in [-0.4, -0.2) is 29.5 Å². The van der Waals surface area contributed by atoms with E-state index in [1.54, 1.807) is 25.3 Å².